The van der Waals surface area contributed by atoms with Crippen LogP contribution in [0.4, 0.5) is 5.82 Å². The number of rotatable bonds is 5. The van der Waals surface area contributed by atoms with Crippen LogP contribution in [-0.4, -0.2) is 21.4 Å². The van der Waals surface area contributed by atoms with Gasteiger partial charge in [-0.15, -0.1) is 9.24 Å². The molecule has 3 aromatic rings. The van der Waals surface area contributed by atoms with Crippen LogP contribution in [0.3, 0.4) is 0 Å². The first-order chi connectivity index (χ1) is 13.4. The van der Waals surface area contributed by atoms with Gasteiger partial charge in [-0.25, -0.2) is 9.97 Å². The Balaban J connectivity index is 1.62. The van der Waals surface area contributed by atoms with Crippen LogP contribution in [0.1, 0.15) is 47.0 Å². The maximum atomic E-state index is 13.0. The SMILES string of the molecule is Cc1oc2ncnc(NC3(C)CC3)c2c1C(=O)NCc1ccc(C#N)cc1P. The summed E-state index contributed by atoms with van der Waals surface area (Å²) in [4.78, 5) is 21.5. The summed E-state index contributed by atoms with van der Waals surface area (Å²) in [7, 11) is 2.60. The molecule has 8 heteroatoms. The lowest BCUT2D eigenvalue weighted by Gasteiger charge is -2.13. The van der Waals surface area contributed by atoms with E-state index in [1.54, 1.807) is 19.1 Å². The van der Waals surface area contributed by atoms with Crippen LogP contribution in [-0.2, 0) is 6.54 Å². The van der Waals surface area contributed by atoms with Gasteiger partial charge >= 0.3 is 0 Å². The van der Waals surface area contributed by atoms with Crippen molar-refractivity contribution in [3.63, 3.8) is 0 Å². The largest absolute Gasteiger partial charge is 0.442 e. The molecular weight excluding hydrogens is 373 g/mol. The van der Waals surface area contributed by atoms with Crippen molar-refractivity contribution in [2.24, 2.45) is 0 Å². The van der Waals surface area contributed by atoms with Crippen molar-refractivity contribution in [2.45, 2.75) is 38.8 Å². The number of hydrogen-bond donors (Lipinski definition) is 2. The second-order valence-electron chi connectivity index (χ2n) is 7.33. The van der Waals surface area contributed by atoms with E-state index in [-0.39, 0.29) is 11.4 Å². The van der Waals surface area contributed by atoms with Gasteiger partial charge in [0.1, 0.15) is 17.9 Å². The van der Waals surface area contributed by atoms with Crippen LogP contribution in [0.25, 0.3) is 11.1 Å². The second-order valence-corrected chi connectivity index (χ2v) is 7.95. The van der Waals surface area contributed by atoms with Crippen molar-refractivity contribution in [3.05, 3.63) is 47.0 Å². The van der Waals surface area contributed by atoms with Crippen LogP contribution in [0.2, 0.25) is 0 Å². The third kappa shape index (κ3) is 3.44. The normalized spacial score (nSPS) is 14.5. The van der Waals surface area contributed by atoms with E-state index in [2.05, 4.69) is 42.8 Å². The fraction of sp³-hybridized carbons (Fsp3) is 0.300. The predicted octanol–water partition coefficient (Wildman–Crippen LogP) is 2.80. The maximum absolute atomic E-state index is 13.0. The van der Waals surface area contributed by atoms with Gasteiger partial charge in [0.05, 0.1) is 22.6 Å². The Kier molecular flexibility index (Phi) is 4.52. The summed E-state index contributed by atoms with van der Waals surface area (Å²) in [5.74, 6) is 0.879. The molecule has 1 aliphatic rings. The molecule has 142 valence electrons. The summed E-state index contributed by atoms with van der Waals surface area (Å²) >= 11 is 0. The smallest absolute Gasteiger partial charge is 0.255 e. The molecule has 1 fully saturated rings. The lowest BCUT2D eigenvalue weighted by atomic mass is 10.1. The van der Waals surface area contributed by atoms with Crippen molar-refractivity contribution >= 4 is 37.4 Å². The second kappa shape index (κ2) is 6.88. The zero-order valence-corrected chi connectivity index (χ0v) is 16.8. The van der Waals surface area contributed by atoms with Crippen molar-refractivity contribution in [3.8, 4) is 6.07 Å². The van der Waals surface area contributed by atoms with Crippen LogP contribution in [0, 0.1) is 18.3 Å². The van der Waals surface area contributed by atoms with Gasteiger partial charge in [0, 0.05) is 12.1 Å². The standard InChI is InChI=1S/C20H20N5O2P/c1-11-15(18(26)22-9-13-4-3-12(8-21)7-14(13)28)16-17(25-20(2)5-6-20)23-10-24-19(16)27-11/h3-4,7,10H,5-6,9,28H2,1-2H3,(H,22,26)(H,23,24,25). The zero-order valence-electron chi connectivity index (χ0n) is 15.7. The number of furan rings is 1. The highest BCUT2D eigenvalue weighted by Crippen LogP contribution is 2.40. The van der Waals surface area contributed by atoms with Gasteiger partial charge in [0.15, 0.2) is 0 Å². The number of aryl methyl sites for hydroxylation is 1. The van der Waals surface area contributed by atoms with E-state index >= 15 is 0 Å². The highest BCUT2D eigenvalue weighted by molar-refractivity contribution is 7.27. The van der Waals surface area contributed by atoms with E-state index in [1.807, 2.05) is 6.07 Å². The number of carbonyl (C=O) groups is 1. The Bertz CT molecular complexity index is 1130. The molecular formula is C20H20N5O2P. The van der Waals surface area contributed by atoms with E-state index in [1.165, 1.54) is 6.33 Å². The zero-order chi connectivity index (χ0) is 19.9. The topological polar surface area (TPSA) is 104 Å². The Hall–Kier alpha value is -2.97. The number of aromatic nitrogens is 2. The molecule has 4 rings (SSSR count). The monoisotopic (exact) mass is 393 g/mol. The molecule has 7 nitrogen and oxygen atoms in total. The lowest BCUT2D eigenvalue weighted by Crippen LogP contribution is -2.25. The summed E-state index contributed by atoms with van der Waals surface area (Å²) < 4.78 is 5.71. The molecule has 2 heterocycles. The summed E-state index contributed by atoms with van der Waals surface area (Å²) in [5.41, 5.74) is 2.36. The molecule has 1 saturated carbocycles. The number of nitrogens with one attached hydrogen (secondary N) is 2. The number of anilines is 1. The van der Waals surface area contributed by atoms with Crippen LogP contribution in [0.5, 0.6) is 0 Å². The van der Waals surface area contributed by atoms with E-state index in [0.29, 0.717) is 40.3 Å². The number of nitrogens with zero attached hydrogens (tertiary/aromatic N) is 3. The lowest BCUT2D eigenvalue weighted by molar-refractivity contribution is 0.0951. The van der Waals surface area contributed by atoms with Crippen LogP contribution >= 0.6 is 9.24 Å². The Labute approximate surface area is 164 Å². The average Bonchev–Trinajstić information content (AvgIpc) is 3.28. The first-order valence-corrected chi connectivity index (χ1v) is 9.57. The van der Waals surface area contributed by atoms with Gasteiger partial charge < -0.3 is 15.1 Å². The number of benzene rings is 1. The van der Waals surface area contributed by atoms with Gasteiger partial charge in [-0.3, -0.25) is 4.79 Å². The number of hydrogen-bond acceptors (Lipinski definition) is 6. The summed E-state index contributed by atoms with van der Waals surface area (Å²) in [5, 5.41) is 16.8. The van der Waals surface area contributed by atoms with Gasteiger partial charge in [0.25, 0.3) is 5.91 Å². The fourth-order valence-corrected chi connectivity index (χ4v) is 3.48. The van der Waals surface area contributed by atoms with Gasteiger partial charge in [-0.1, -0.05) is 6.07 Å². The minimum absolute atomic E-state index is 0.0109. The molecule has 1 aliphatic carbocycles. The van der Waals surface area contributed by atoms with E-state index in [0.717, 1.165) is 23.7 Å². The van der Waals surface area contributed by atoms with Gasteiger partial charge in [0.2, 0.25) is 5.71 Å². The molecule has 0 bridgehead atoms. The Morgan fingerprint density at radius 3 is 2.86 bits per heavy atom. The highest BCUT2D eigenvalue weighted by atomic mass is 31.0. The quantitative estimate of drug-likeness (QED) is 0.646. The van der Waals surface area contributed by atoms with Gasteiger partial charge in [-0.05, 0) is 49.7 Å². The number of nitriles is 1. The van der Waals surface area contributed by atoms with E-state index in [4.69, 9.17) is 9.68 Å². The predicted molar refractivity (Wildman–Crippen MR) is 109 cm³/mol. The molecule has 28 heavy (non-hydrogen) atoms. The molecule has 1 atom stereocenters. The fourth-order valence-electron chi connectivity index (χ4n) is 3.10. The molecule has 2 aromatic heterocycles. The Morgan fingerprint density at radius 2 is 2.18 bits per heavy atom. The molecule has 1 amide bonds. The van der Waals surface area contributed by atoms with Crippen molar-refractivity contribution in [1.82, 2.24) is 15.3 Å². The minimum atomic E-state index is -0.246. The third-order valence-corrected chi connectivity index (χ3v) is 5.56. The number of amides is 1. The molecule has 0 aliphatic heterocycles. The average molecular weight is 393 g/mol. The van der Waals surface area contributed by atoms with Crippen LogP contribution in [0.15, 0.2) is 28.9 Å². The Morgan fingerprint density at radius 1 is 1.39 bits per heavy atom. The van der Waals surface area contributed by atoms with Crippen LogP contribution < -0.4 is 15.9 Å². The summed E-state index contributed by atoms with van der Waals surface area (Å²) in [6.07, 6.45) is 3.57. The molecule has 0 spiro atoms. The molecule has 0 saturated heterocycles. The molecule has 2 N–H and O–H groups in total. The first kappa shape index (κ1) is 18.4. The van der Waals surface area contributed by atoms with Gasteiger partial charge in [-0.2, -0.15) is 5.26 Å². The number of carbonyl (C=O) groups excluding carboxylic acids is 1. The molecule has 1 unspecified atom stereocenters. The third-order valence-electron chi connectivity index (χ3n) is 5.03. The van der Waals surface area contributed by atoms with Crippen molar-refractivity contribution in [1.29, 1.82) is 5.26 Å². The summed E-state index contributed by atoms with van der Waals surface area (Å²) in [6.45, 7) is 4.21. The molecule has 1 aromatic carbocycles. The maximum Gasteiger partial charge on any atom is 0.255 e. The summed E-state index contributed by atoms with van der Waals surface area (Å²) in [6, 6.07) is 7.46. The number of fused-ring (bicyclic) bond motifs is 1. The minimum Gasteiger partial charge on any atom is -0.442 e. The van der Waals surface area contributed by atoms with Crippen molar-refractivity contribution in [2.75, 3.05) is 5.32 Å². The highest BCUT2D eigenvalue weighted by Gasteiger charge is 2.38. The van der Waals surface area contributed by atoms with Crippen molar-refractivity contribution < 1.29 is 9.21 Å². The molecule has 0 radical (unpaired) electrons. The van der Waals surface area contributed by atoms with E-state index in [9.17, 15) is 4.79 Å². The first-order valence-electron chi connectivity index (χ1n) is 8.99. The van der Waals surface area contributed by atoms with E-state index < -0.39 is 0 Å².